The monoisotopic (exact) mass is 273 g/mol. The van der Waals surface area contributed by atoms with Gasteiger partial charge in [-0.25, -0.2) is 14.8 Å². The van der Waals surface area contributed by atoms with Gasteiger partial charge >= 0.3 is 5.97 Å². The van der Waals surface area contributed by atoms with Crippen LogP contribution < -0.4 is 5.32 Å². The first-order valence-corrected chi connectivity index (χ1v) is 6.18. The van der Waals surface area contributed by atoms with Crippen LogP contribution in [0.2, 0.25) is 0 Å². The van der Waals surface area contributed by atoms with Gasteiger partial charge in [-0.05, 0) is 12.1 Å². The Morgan fingerprint density at radius 1 is 1.45 bits per heavy atom. The summed E-state index contributed by atoms with van der Waals surface area (Å²) in [6.07, 6.45) is 3.06. The summed E-state index contributed by atoms with van der Waals surface area (Å²) >= 11 is 0. The van der Waals surface area contributed by atoms with Gasteiger partial charge in [0, 0.05) is 12.1 Å². The van der Waals surface area contributed by atoms with E-state index in [0.717, 1.165) is 0 Å². The number of hydrogen-bond acceptors (Lipinski definition) is 6. The summed E-state index contributed by atoms with van der Waals surface area (Å²) in [5.74, 6) is -0.509. The van der Waals surface area contributed by atoms with Crippen LogP contribution in [-0.2, 0) is 6.54 Å². The first kappa shape index (κ1) is 13.9. The zero-order valence-electron chi connectivity index (χ0n) is 11.2. The van der Waals surface area contributed by atoms with Gasteiger partial charge in [-0.1, -0.05) is 13.8 Å². The van der Waals surface area contributed by atoms with E-state index in [0.29, 0.717) is 23.8 Å². The summed E-state index contributed by atoms with van der Waals surface area (Å²) in [5, 5.41) is 19.8. The number of aromatic nitrogens is 4. The number of hydrogen-bond donors (Lipinski definition) is 2. The molecule has 2 N–H and O–H groups in total. The number of nitrogens with zero attached hydrogens (tertiary/aromatic N) is 4. The van der Waals surface area contributed by atoms with Gasteiger partial charge in [0.15, 0.2) is 5.69 Å². The molecule has 0 amide bonds. The van der Waals surface area contributed by atoms with Crippen LogP contribution in [0.25, 0.3) is 0 Å². The Morgan fingerprint density at radius 2 is 2.25 bits per heavy atom. The SMILES string of the molecule is CC(C)c1ncc(NCc2cccnn2)c(C(=O)O)n1. The van der Waals surface area contributed by atoms with E-state index >= 15 is 0 Å². The summed E-state index contributed by atoms with van der Waals surface area (Å²) < 4.78 is 0. The third-order valence-electron chi connectivity index (χ3n) is 2.61. The molecule has 0 aromatic carbocycles. The van der Waals surface area contributed by atoms with Gasteiger partial charge in [0.1, 0.15) is 5.82 Å². The Bertz CT molecular complexity index is 601. The lowest BCUT2D eigenvalue weighted by Crippen LogP contribution is -2.12. The number of anilines is 1. The van der Waals surface area contributed by atoms with Gasteiger partial charge < -0.3 is 10.4 Å². The molecule has 104 valence electrons. The molecule has 0 aliphatic heterocycles. The van der Waals surface area contributed by atoms with Crippen molar-refractivity contribution < 1.29 is 9.90 Å². The Labute approximate surface area is 116 Å². The molecule has 0 radical (unpaired) electrons. The van der Waals surface area contributed by atoms with E-state index in [1.165, 1.54) is 6.20 Å². The molecule has 7 nitrogen and oxygen atoms in total. The van der Waals surface area contributed by atoms with Crippen molar-refractivity contribution >= 4 is 11.7 Å². The van der Waals surface area contributed by atoms with Crippen molar-refractivity contribution in [2.45, 2.75) is 26.3 Å². The summed E-state index contributed by atoms with van der Waals surface area (Å²) in [6, 6.07) is 3.56. The first-order valence-electron chi connectivity index (χ1n) is 6.18. The topological polar surface area (TPSA) is 101 Å². The minimum absolute atomic E-state index is 0.0346. The highest BCUT2D eigenvalue weighted by atomic mass is 16.4. The second-order valence-corrected chi connectivity index (χ2v) is 4.52. The highest BCUT2D eigenvalue weighted by Gasteiger charge is 2.15. The average molecular weight is 273 g/mol. The van der Waals surface area contributed by atoms with E-state index in [-0.39, 0.29) is 11.6 Å². The van der Waals surface area contributed by atoms with E-state index in [1.54, 1.807) is 18.3 Å². The van der Waals surface area contributed by atoms with Gasteiger partial charge in [-0.2, -0.15) is 10.2 Å². The molecule has 0 spiro atoms. The number of aromatic carboxylic acids is 1. The predicted molar refractivity (Wildman–Crippen MR) is 72.4 cm³/mol. The molecule has 2 rings (SSSR count). The summed E-state index contributed by atoms with van der Waals surface area (Å²) in [4.78, 5) is 19.5. The molecule has 2 aromatic rings. The Morgan fingerprint density at radius 3 is 2.85 bits per heavy atom. The van der Waals surface area contributed by atoms with Crippen LogP contribution in [0.4, 0.5) is 5.69 Å². The molecule has 0 saturated carbocycles. The Hall–Kier alpha value is -2.57. The average Bonchev–Trinajstić information content (AvgIpc) is 2.45. The van der Waals surface area contributed by atoms with Crippen molar-refractivity contribution in [3.05, 3.63) is 41.7 Å². The van der Waals surface area contributed by atoms with Gasteiger partial charge in [-0.3, -0.25) is 0 Å². The fourth-order valence-corrected chi connectivity index (χ4v) is 1.58. The first-order chi connectivity index (χ1) is 9.58. The minimum atomic E-state index is -1.09. The zero-order valence-corrected chi connectivity index (χ0v) is 11.2. The zero-order chi connectivity index (χ0) is 14.5. The number of carboxylic acid groups (broad SMARTS) is 1. The second kappa shape index (κ2) is 6.05. The third-order valence-corrected chi connectivity index (χ3v) is 2.61. The number of carbonyl (C=O) groups is 1. The van der Waals surface area contributed by atoms with Crippen molar-refractivity contribution in [1.82, 2.24) is 20.2 Å². The summed E-state index contributed by atoms with van der Waals surface area (Å²) in [7, 11) is 0. The summed E-state index contributed by atoms with van der Waals surface area (Å²) in [5.41, 5.74) is 1.04. The van der Waals surface area contributed by atoms with E-state index in [2.05, 4.69) is 25.5 Å². The van der Waals surface area contributed by atoms with E-state index in [4.69, 9.17) is 0 Å². The van der Waals surface area contributed by atoms with Gasteiger partial charge in [-0.15, -0.1) is 0 Å². The molecular weight excluding hydrogens is 258 g/mol. The van der Waals surface area contributed by atoms with Crippen LogP contribution in [-0.4, -0.2) is 31.2 Å². The third kappa shape index (κ3) is 3.25. The van der Waals surface area contributed by atoms with Crippen LogP contribution in [0.15, 0.2) is 24.5 Å². The van der Waals surface area contributed by atoms with E-state index < -0.39 is 5.97 Å². The molecule has 0 unspecified atom stereocenters. The number of rotatable bonds is 5. The van der Waals surface area contributed by atoms with Gasteiger partial charge in [0.05, 0.1) is 24.1 Å². The van der Waals surface area contributed by atoms with Crippen molar-refractivity contribution in [3.63, 3.8) is 0 Å². The van der Waals surface area contributed by atoms with E-state index in [1.807, 2.05) is 13.8 Å². The number of carboxylic acids is 1. The standard InChI is InChI=1S/C13H15N5O2/c1-8(2)12-15-7-10(11(17-12)13(19)20)14-6-9-4-3-5-16-18-9/h3-5,7-8,14H,6H2,1-2H3,(H,19,20). The molecule has 0 aliphatic carbocycles. The maximum atomic E-state index is 11.2. The fraction of sp³-hybridized carbons (Fsp3) is 0.308. The van der Waals surface area contributed by atoms with Crippen molar-refractivity contribution in [3.8, 4) is 0 Å². The van der Waals surface area contributed by atoms with Gasteiger partial charge in [0.2, 0.25) is 0 Å². The Balaban J connectivity index is 2.21. The smallest absolute Gasteiger partial charge is 0.356 e. The molecule has 20 heavy (non-hydrogen) atoms. The van der Waals surface area contributed by atoms with Crippen molar-refractivity contribution in [2.24, 2.45) is 0 Å². The lowest BCUT2D eigenvalue weighted by atomic mass is 10.2. The van der Waals surface area contributed by atoms with Crippen molar-refractivity contribution in [2.75, 3.05) is 5.32 Å². The summed E-state index contributed by atoms with van der Waals surface area (Å²) in [6.45, 7) is 4.18. The normalized spacial score (nSPS) is 10.6. The van der Waals surface area contributed by atoms with Crippen LogP contribution in [0, 0.1) is 0 Å². The number of nitrogens with one attached hydrogen (secondary N) is 1. The second-order valence-electron chi connectivity index (χ2n) is 4.52. The lowest BCUT2D eigenvalue weighted by molar-refractivity contribution is 0.0691. The maximum absolute atomic E-state index is 11.2. The lowest BCUT2D eigenvalue weighted by Gasteiger charge is -2.10. The molecule has 2 aromatic heterocycles. The van der Waals surface area contributed by atoms with Crippen LogP contribution in [0.3, 0.4) is 0 Å². The highest BCUT2D eigenvalue weighted by Crippen LogP contribution is 2.16. The van der Waals surface area contributed by atoms with Crippen molar-refractivity contribution in [1.29, 1.82) is 0 Å². The molecule has 0 fully saturated rings. The largest absolute Gasteiger partial charge is 0.476 e. The molecule has 0 saturated heterocycles. The molecule has 0 atom stereocenters. The molecule has 2 heterocycles. The van der Waals surface area contributed by atoms with Crippen LogP contribution >= 0.6 is 0 Å². The Kier molecular flexibility index (Phi) is 4.19. The van der Waals surface area contributed by atoms with E-state index in [9.17, 15) is 9.90 Å². The maximum Gasteiger partial charge on any atom is 0.356 e. The van der Waals surface area contributed by atoms with Crippen LogP contribution in [0.1, 0.15) is 41.8 Å². The van der Waals surface area contributed by atoms with Gasteiger partial charge in [0.25, 0.3) is 0 Å². The predicted octanol–water partition coefficient (Wildman–Crippen LogP) is 1.70. The quantitative estimate of drug-likeness (QED) is 0.854. The molecule has 7 heteroatoms. The minimum Gasteiger partial charge on any atom is -0.476 e. The molecule has 0 aliphatic rings. The highest BCUT2D eigenvalue weighted by molar-refractivity contribution is 5.91. The van der Waals surface area contributed by atoms with Crippen LogP contribution in [0.5, 0.6) is 0 Å². The fourth-order valence-electron chi connectivity index (χ4n) is 1.58. The molecule has 0 bridgehead atoms. The molecular formula is C13H15N5O2.